The summed E-state index contributed by atoms with van der Waals surface area (Å²) in [4.78, 5) is 21.8. The van der Waals surface area contributed by atoms with Crippen LogP contribution in [0.1, 0.15) is 15.9 Å². The Morgan fingerprint density at radius 1 is 1.00 bits per heavy atom. The number of amides is 1. The molecule has 0 fully saturated rings. The molecule has 0 unspecified atom stereocenters. The number of nitrogens with zero attached hydrogens (tertiary/aromatic N) is 3. The van der Waals surface area contributed by atoms with Crippen LogP contribution in [0.15, 0.2) is 91.4 Å². The molecule has 162 valence electrons. The summed E-state index contributed by atoms with van der Waals surface area (Å²) in [5, 5.41) is 2.97. The molecule has 0 aliphatic heterocycles. The first-order valence-electron chi connectivity index (χ1n) is 10.3. The summed E-state index contributed by atoms with van der Waals surface area (Å²) < 4.78 is 20.7. The number of halogens is 1. The van der Waals surface area contributed by atoms with Crippen LogP contribution in [0.3, 0.4) is 0 Å². The molecule has 0 spiro atoms. The van der Waals surface area contributed by atoms with E-state index in [1.165, 1.54) is 24.3 Å². The zero-order valence-electron chi connectivity index (χ0n) is 17.7. The number of anilines is 1. The second-order valence-corrected chi connectivity index (χ2v) is 7.52. The number of aryl methyl sites for hydroxylation is 1. The van der Waals surface area contributed by atoms with E-state index in [0.717, 1.165) is 16.8 Å². The molecule has 2 aromatic heterocycles. The van der Waals surface area contributed by atoms with E-state index in [9.17, 15) is 9.18 Å². The minimum atomic E-state index is -0.340. The van der Waals surface area contributed by atoms with Gasteiger partial charge in [-0.2, -0.15) is 0 Å². The number of fused-ring (bicyclic) bond motifs is 1. The Hall–Kier alpha value is -4.52. The van der Waals surface area contributed by atoms with Gasteiger partial charge >= 0.3 is 0 Å². The fourth-order valence-corrected chi connectivity index (χ4v) is 3.42. The van der Waals surface area contributed by atoms with Crippen LogP contribution in [0.4, 0.5) is 10.1 Å². The average molecular weight is 438 g/mol. The topological polar surface area (TPSA) is 68.5 Å². The van der Waals surface area contributed by atoms with E-state index in [0.29, 0.717) is 28.5 Å². The zero-order valence-corrected chi connectivity index (χ0v) is 17.7. The fourth-order valence-electron chi connectivity index (χ4n) is 3.42. The molecule has 1 amide bonds. The molecule has 5 aromatic rings. The van der Waals surface area contributed by atoms with Crippen molar-refractivity contribution >= 4 is 17.4 Å². The van der Waals surface area contributed by atoms with Crippen LogP contribution >= 0.6 is 0 Å². The Balaban J connectivity index is 1.37. The third-order valence-corrected chi connectivity index (χ3v) is 5.16. The summed E-state index contributed by atoms with van der Waals surface area (Å²) in [6.45, 7) is 1.93. The molecule has 0 aliphatic carbocycles. The van der Waals surface area contributed by atoms with Crippen LogP contribution < -0.4 is 10.1 Å². The molecule has 7 heteroatoms. The Morgan fingerprint density at radius 2 is 1.85 bits per heavy atom. The maximum Gasteiger partial charge on any atom is 0.255 e. The van der Waals surface area contributed by atoms with Crippen molar-refractivity contribution in [2.24, 2.45) is 0 Å². The Labute approximate surface area is 189 Å². The number of benzene rings is 3. The fraction of sp³-hybridized carbons (Fsp3) is 0.0385. The van der Waals surface area contributed by atoms with Gasteiger partial charge in [0.05, 0.1) is 5.69 Å². The molecule has 33 heavy (non-hydrogen) atoms. The van der Waals surface area contributed by atoms with E-state index in [-0.39, 0.29) is 11.7 Å². The van der Waals surface area contributed by atoms with Gasteiger partial charge in [-0.25, -0.2) is 14.4 Å². The van der Waals surface area contributed by atoms with Crippen LogP contribution in [0.5, 0.6) is 11.5 Å². The van der Waals surface area contributed by atoms with E-state index < -0.39 is 0 Å². The molecule has 0 saturated carbocycles. The highest BCUT2D eigenvalue weighted by Crippen LogP contribution is 2.27. The lowest BCUT2D eigenvalue weighted by molar-refractivity contribution is 0.102. The van der Waals surface area contributed by atoms with E-state index in [4.69, 9.17) is 4.74 Å². The summed E-state index contributed by atoms with van der Waals surface area (Å²) in [5.74, 6) is 0.970. The lowest BCUT2D eigenvalue weighted by Gasteiger charge is -2.11. The highest BCUT2D eigenvalue weighted by atomic mass is 19.1. The maximum atomic E-state index is 13.1. The van der Waals surface area contributed by atoms with Gasteiger partial charge in [0.1, 0.15) is 17.3 Å². The van der Waals surface area contributed by atoms with Gasteiger partial charge in [0, 0.05) is 35.4 Å². The molecule has 3 aromatic carbocycles. The second kappa shape index (κ2) is 8.55. The Bertz CT molecular complexity index is 1430. The monoisotopic (exact) mass is 438 g/mol. The summed E-state index contributed by atoms with van der Waals surface area (Å²) in [5.41, 5.74) is 3.69. The summed E-state index contributed by atoms with van der Waals surface area (Å²) in [6, 6.07) is 20.2. The van der Waals surface area contributed by atoms with Crippen molar-refractivity contribution in [3.63, 3.8) is 0 Å². The maximum absolute atomic E-state index is 13.1. The number of imidazole rings is 1. The number of nitrogens with one attached hydrogen (secondary N) is 1. The van der Waals surface area contributed by atoms with E-state index in [2.05, 4.69) is 15.3 Å². The largest absolute Gasteiger partial charge is 0.457 e. The number of rotatable bonds is 5. The van der Waals surface area contributed by atoms with Crippen LogP contribution in [0, 0.1) is 12.7 Å². The van der Waals surface area contributed by atoms with Crippen molar-refractivity contribution in [1.29, 1.82) is 0 Å². The lowest BCUT2D eigenvalue weighted by Crippen LogP contribution is -2.12. The second-order valence-electron chi connectivity index (χ2n) is 7.52. The molecular weight excluding hydrogens is 419 g/mol. The number of hydrogen-bond donors (Lipinski definition) is 1. The minimum absolute atomic E-state index is 0.267. The molecule has 1 N–H and O–H groups in total. The highest BCUT2D eigenvalue weighted by molar-refractivity contribution is 6.05. The van der Waals surface area contributed by atoms with Crippen LogP contribution in [0.2, 0.25) is 0 Å². The van der Waals surface area contributed by atoms with Crippen molar-refractivity contribution in [2.45, 2.75) is 6.92 Å². The molecule has 0 radical (unpaired) electrons. The standard InChI is InChI=1S/C26H19FN4O2/c1-17-6-7-18(24-16-31-13-3-12-28-26(31)30-24)15-23(17)29-25(32)19-4-2-5-22(14-19)33-21-10-8-20(27)9-11-21/h2-16H,1H3,(H,29,32). The SMILES string of the molecule is Cc1ccc(-c2cn3cccnc3n2)cc1NC(=O)c1cccc(Oc2ccc(F)cc2)c1. The van der Waals surface area contributed by atoms with Gasteiger partial charge in [-0.1, -0.05) is 18.2 Å². The first-order valence-corrected chi connectivity index (χ1v) is 10.3. The summed E-state index contributed by atoms with van der Waals surface area (Å²) >= 11 is 0. The van der Waals surface area contributed by atoms with Gasteiger partial charge in [-0.3, -0.25) is 9.20 Å². The van der Waals surface area contributed by atoms with Gasteiger partial charge in [0.15, 0.2) is 0 Å². The lowest BCUT2D eigenvalue weighted by atomic mass is 10.1. The predicted octanol–water partition coefficient (Wildman–Crippen LogP) is 5.89. The van der Waals surface area contributed by atoms with Crippen molar-refractivity contribution < 1.29 is 13.9 Å². The molecule has 0 saturated heterocycles. The average Bonchev–Trinajstić information content (AvgIpc) is 3.26. The van der Waals surface area contributed by atoms with E-state index >= 15 is 0 Å². The van der Waals surface area contributed by atoms with Crippen LogP contribution in [-0.4, -0.2) is 20.3 Å². The number of hydrogen-bond acceptors (Lipinski definition) is 4. The van der Waals surface area contributed by atoms with Crippen molar-refractivity contribution in [3.05, 3.63) is 108 Å². The first kappa shape index (κ1) is 20.4. The minimum Gasteiger partial charge on any atom is -0.457 e. The number of ether oxygens (including phenoxy) is 1. The van der Waals surface area contributed by atoms with Gasteiger partial charge in [-0.15, -0.1) is 0 Å². The van der Waals surface area contributed by atoms with Gasteiger partial charge in [0.25, 0.3) is 5.91 Å². The van der Waals surface area contributed by atoms with Gasteiger partial charge in [-0.05, 0) is 67.1 Å². The molecule has 0 atom stereocenters. The van der Waals surface area contributed by atoms with Gasteiger partial charge < -0.3 is 10.1 Å². The number of carbonyl (C=O) groups is 1. The number of aromatic nitrogens is 3. The molecule has 6 nitrogen and oxygen atoms in total. The summed E-state index contributed by atoms with van der Waals surface area (Å²) in [7, 11) is 0. The van der Waals surface area contributed by atoms with Gasteiger partial charge in [0.2, 0.25) is 5.78 Å². The van der Waals surface area contributed by atoms with Crippen LogP contribution in [0.25, 0.3) is 17.0 Å². The van der Waals surface area contributed by atoms with Crippen molar-refractivity contribution in [2.75, 3.05) is 5.32 Å². The number of carbonyl (C=O) groups excluding carboxylic acids is 1. The molecule has 0 aliphatic rings. The van der Waals surface area contributed by atoms with E-state index in [1.54, 1.807) is 30.5 Å². The smallest absolute Gasteiger partial charge is 0.255 e. The highest BCUT2D eigenvalue weighted by Gasteiger charge is 2.12. The first-order chi connectivity index (χ1) is 16.0. The quantitative estimate of drug-likeness (QED) is 0.372. The third-order valence-electron chi connectivity index (χ3n) is 5.16. The van der Waals surface area contributed by atoms with E-state index in [1.807, 2.05) is 48.0 Å². The van der Waals surface area contributed by atoms with Crippen molar-refractivity contribution in [1.82, 2.24) is 14.4 Å². The normalized spacial score (nSPS) is 10.8. The van der Waals surface area contributed by atoms with Crippen molar-refractivity contribution in [3.8, 4) is 22.8 Å². The summed E-state index contributed by atoms with van der Waals surface area (Å²) in [6.07, 6.45) is 5.48. The van der Waals surface area contributed by atoms with Crippen LogP contribution in [-0.2, 0) is 0 Å². The molecule has 0 bridgehead atoms. The zero-order chi connectivity index (χ0) is 22.8. The molecule has 5 rings (SSSR count). The predicted molar refractivity (Wildman–Crippen MR) is 124 cm³/mol. The Morgan fingerprint density at radius 3 is 2.67 bits per heavy atom. The third kappa shape index (κ3) is 4.43. The molecule has 2 heterocycles. The molecular formula is C26H19FN4O2. The Kier molecular flexibility index (Phi) is 5.28.